The Balaban J connectivity index is 1.51. The molecule has 10 heteroatoms. The maximum Gasteiger partial charge on any atom is 0.509 e. The first-order valence-electron chi connectivity index (χ1n) is 13.9. The lowest BCUT2D eigenvalue weighted by Crippen LogP contribution is -2.71. The summed E-state index contributed by atoms with van der Waals surface area (Å²) in [7, 11) is 1.52. The number of ketones is 1. The van der Waals surface area contributed by atoms with Crippen LogP contribution in [0.4, 0.5) is 13.6 Å². The minimum Gasteiger partial charge on any atom is -0.478 e. The van der Waals surface area contributed by atoms with Crippen LogP contribution in [-0.4, -0.2) is 71.0 Å². The molecule has 4 saturated carbocycles. The third-order valence-electron chi connectivity index (χ3n) is 10.9. The van der Waals surface area contributed by atoms with Crippen molar-refractivity contribution in [3.05, 3.63) is 23.8 Å². The summed E-state index contributed by atoms with van der Waals surface area (Å²) in [6.45, 7) is 4.70. The summed E-state index contributed by atoms with van der Waals surface area (Å²) >= 11 is 0. The van der Waals surface area contributed by atoms with E-state index in [0.717, 1.165) is 18.9 Å². The van der Waals surface area contributed by atoms with E-state index >= 15 is 8.78 Å². The number of aliphatic carboxylic acids is 1. The summed E-state index contributed by atoms with van der Waals surface area (Å²) in [5, 5.41) is 22.1. The predicted molar refractivity (Wildman–Crippen MR) is 134 cm³/mol. The van der Waals surface area contributed by atoms with Crippen LogP contribution in [0.15, 0.2) is 23.8 Å². The van der Waals surface area contributed by atoms with Gasteiger partial charge in [0.05, 0.1) is 12.2 Å². The number of aliphatic hydroxyl groups excluding tert-OH is 1. The third-order valence-corrected chi connectivity index (χ3v) is 10.9. The average Bonchev–Trinajstić information content (AvgIpc) is 3.09. The number of hydrogen-bond donors (Lipinski definition) is 2. The van der Waals surface area contributed by atoms with Gasteiger partial charge in [-0.05, 0) is 69.1 Å². The zero-order valence-corrected chi connectivity index (χ0v) is 22.8. The van der Waals surface area contributed by atoms with Crippen LogP contribution < -0.4 is 0 Å². The van der Waals surface area contributed by atoms with E-state index in [1.54, 1.807) is 13.8 Å². The number of rotatable bonds is 4. The molecule has 216 valence electrons. The molecule has 8 nitrogen and oxygen atoms in total. The van der Waals surface area contributed by atoms with Gasteiger partial charge in [-0.3, -0.25) is 4.79 Å². The van der Waals surface area contributed by atoms with Crippen molar-refractivity contribution in [2.45, 2.75) is 101 Å². The molecule has 11 atom stereocenters. The molecule has 1 unspecified atom stereocenters. The zero-order valence-electron chi connectivity index (χ0n) is 22.8. The molecule has 0 radical (unpaired) electrons. The number of ether oxygens (including phenoxy) is 3. The summed E-state index contributed by atoms with van der Waals surface area (Å²) in [5.74, 6) is -4.44. The zero-order chi connectivity index (χ0) is 28.5. The van der Waals surface area contributed by atoms with Gasteiger partial charge in [0.25, 0.3) is 0 Å². The van der Waals surface area contributed by atoms with E-state index in [9.17, 15) is 24.6 Å². The molecule has 0 saturated heterocycles. The van der Waals surface area contributed by atoms with Gasteiger partial charge in [0.15, 0.2) is 11.5 Å². The van der Waals surface area contributed by atoms with Crippen LogP contribution in [0.25, 0.3) is 0 Å². The van der Waals surface area contributed by atoms with Gasteiger partial charge in [0.2, 0.25) is 5.60 Å². The molecule has 39 heavy (non-hydrogen) atoms. The van der Waals surface area contributed by atoms with Crippen molar-refractivity contribution in [1.82, 2.24) is 0 Å². The van der Waals surface area contributed by atoms with Crippen LogP contribution in [0.1, 0.15) is 65.7 Å². The second-order valence-electron chi connectivity index (χ2n) is 12.6. The first-order chi connectivity index (χ1) is 18.3. The highest BCUT2D eigenvalue weighted by Gasteiger charge is 2.78. The highest BCUT2D eigenvalue weighted by molar-refractivity contribution is 6.01. The minimum atomic E-state index is -2.36. The number of carbonyl (C=O) groups is 3. The average molecular weight is 553 g/mol. The molecule has 0 bridgehead atoms. The normalized spacial score (nSPS) is 48.8. The molecule has 5 aliphatic rings. The molecule has 0 spiro atoms. The van der Waals surface area contributed by atoms with Crippen LogP contribution >= 0.6 is 0 Å². The van der Waals surface area contributed by atoms with Crippen molar-refractivity contribution in [3.8, 4) is 0 Å². The second kappa shape index (κ2) is 9.36. The number of allylic oxidation sites excluding steroid dienone is 4. The number of aliphatic hydroxyl groups is 1. The number of hydrogen-bond acceptors (Lipinski definition) is 7. The number of halogens is 2. The van der Waals surface area contributed by atoms with E-state index in [-0.39, 0.29) is 30.9 Å². The summed E-state index contributed by atoms with van der Waals surface area (Å²) in [5.41, 5.74) is -7.50. The van der Waals surface area contributed by atoms with Crippen LogP contribution in [0.3, 0.4) is 0 Å². The van der Waals surface area contributed by atoms with Gasteiger partial charge in [-0.1, -0.05) is 26.3 Å². The lowest BCUT2D eigenvalue weighted by atomic mass is 9.44. The first kappa shape index (κ1) is 28.2. The van der Waals surface area contributed by atoms with Crippen LogP contribution in [0.2, 0.25) is 0 Å². The summed E-state index contributed by atoms with van der Waals surface area (Å²) < 4.78 is 49.8. The molecule has 5 rings (SSSR count). The minimum absolute atomic E-state index is 0.00745. The Morgan fingerprint density at radius 3 is 2.41 bits per heavy atom. The fraction of sp³-hybridized carbons (Fsp3) is 0.759. The summed E-state index contributed by atoms with van der Waals surface area (Å²) in [4.78, 5) is 38.2. The monoisotopic (exact) mass is 552 g/mol. The van der Waals surface area contributed by atoms with Gasteiger partial charge < -0.3 is 24.4 Å². The van der Waals surface area contributed by atoms with E-state index in [2.05, 4.69) is 0 Å². The molecular formula is C29H38F2O8. The van der Waals surface area contributed by atoms with Gasteiger partial charge in [-0.15, -0.1) is 0 Å². The van der Waals surface area contributed by atoms with Gasteiger partial charge in [-0.25, -0.2) is 18.4 Å². The number of methoxy groups -OCH3 is 1. The van der Waals surface area contributed by atoms with Gasteiger partial charge in [0.1, 0.15) is 12.3 Å². The topological polar surface area (TPSA) is 119 Å². The van der Waals surface area contributed by atoms with Crippen LogP contribution in [0, 0.1) is 28.6 Å². The molecule has 0 heterocycles. The second-order valence-corrected chi connectivity index (χ2v) is 12.6. The Morgan fingerprint density at radius 1 is 1.10 bits per heavy atom. The first-order valence-corrected chi connectivity index (χ1v) is 13.9. The smallest absolute Gasteiger partial charge is 0.478 e. The summed E-state index contributed by atoms with van der Waals surface area (Å²) in [6.07, 6.45) is 0.700. The van der Waals surface area contributed by atoms with Crippen LogP contribution in [-0.2, 0) is 23.8 Å². The Bertz CT molecular complexity index is 1120. The van der Waals surface area contributed by atoms with E-state index in [0.29, 0.717) is 12.8 Å². The van der Waals surface area contributed by atoms with Crippen molar-refractivity contribution >= 4 is 17.9 Å². The molecule has 2 N–H and O–H groups in total. The predicted octanol–water partition coefficient (Wildman–Crippen LogP) is 4.49. The third kappa shape index (κ3) is 3.69. The largest absolute Gasteiger partial charge is 0.509 e. The molecule has 5 aliphatic carbocycles. The highest BCUT2D eigenvalue weighted by atomic mass is 19.1. The van der Waals surface area contributed by atoms with Crippen molar-refractivity contribution in [2.75, 3.05) is 7.11 Å². The highest BCUT2D eigenvalue weighted by Crippen LogP contribution is 2.71. The molecule has 0 aromatic heterocycles. The Morgan fingerprint density at radius 2 is 1.77 bits per heavy atom. The SMILES string of the molecule is CO[C@H]1CCCC[C@@H]1OC(=O)O[C@@]1(C(=O)O)[C@H](C)C[C@H]2[C@@H]3C[C@H](F)C4=CC(=O)C=C[C@]4(C)C3(F)[C@@H](O)C[C@@]21C. The molecule has 4 fully saturated rings. The lowest BCUT2D eigenvalue weighted by molar-refractivity contribution is -0.233. The van der Waals surface area contributed by atoms with E-state index in [4.69, 9.17) is 14.2 Å². The maximum atomic E-state index is 17.4. The number of fused-ring (bicyclic) bond motifs is 5. The van der Waals surface area contributed by atoms with Crippen LogP contribution in [0.5, 0.6) is 0 Å². The molecular weight excluding hydrogens is 514 g/mol. The standard InChI is InChI=1S/C29H38F2O8/c1-15-11-17-18-13-20(30)19-12-16(32)9-10-26(19,2)28(18,31)23(33)14-27(17,3)29(15,24(34)35)39-25(36)38-22-8-6-5-7-21(22)37-4/h9-10,12,15,17-18,20-23,33H,5-8,11,13-14H2,1-4H3,(H,34,35)/t15-,17+,18+,20+,21+,22+,23+,26+,27+,28?,29-/m1/s1. The lowest BCUT2D eigenvalue weighted by Gasteiger charge is -2.62. The van der Waals surface area contributed by atoms with Gasteiger partial charge >= 0.3 is 12.1 Å². The van der Waals surface area contributed by atoms with E-state index in [1.807, 2.05) is 0 Å². The Kier molecular flexibility index (Phi) is 6.77. The molecule has 0 aromatic carbocycles. The quantitative estimate of drug-likeness (QED) is 0.490. The number of carboxylic acids is 1. The van der Waals surface area contributed by atoms with Crippen molar-refractivity contribution < 1.29 is 47.6 Å². The fourth-order valence-electron chi connectivity index (χ4n) is 8.99. The maximum absolute atomic E-state index is 17.4. The number of carboxylic acid groups (broad SMARTS) is 1. The van der Waals surface area contributed by atoms with Gasteiger partial charge in [-0.2, -0.15) is 0 Å². The Hall–Kier alpha value is -2.33. The molecule has 0 aliphatic heterocycles. The summed E-state index contributed by atoms with van der Waals surface area (Å²) in [6, 6.07) is 0. The van der Waals surface area contributed by atoms with Gasteiger partial charge in [0, 0.05) is 29.8 Å². The number of alkyl halides is 2. The number of carbonyl (C=O) groups excluding carboxylic acids is 2. The van der Waals surface area contributed by atoms with Crippen molar-refractivity contribution in [1.29, 1.82) is 0 Å². The fourth-order valence-corrected chi connectivity index (χ4v) is 8.99. The van der Waals surface area contributed by atoms with E-state index < -0.39 is 76.1 Å². The van der Waals surface area contributed by atoms with E-state index in [1.165, 1.54) is 26.2 Å². The molecule has 0 aromatic rings. The van der Waals surface area contributed by atoms with Crippen molar-refractivity contribution in [3.63, 3.8) is 0 Å². The molecule has 0 amide bonds. The van der Waals surface area contributed by atoms with Crippen molar-refractivity contribution in [2.24, 2.45) is 28.6 Å². The Labute approximate surface area is 226 Å².